The summed E-state index contributed by atoms with van der Waals surface area (Å²) in [5.74, 6) is -56.4. The summed E-state index contributed by atoms with van der Waals surface area (Å²) in [5.41, 5.74) is 1.37. The second-order valence-electron chi connectivity index (χ2n) is 11.3. The molecule has 0 aromatic heterocycles. The van der Waals surface area contributed by atoms with Crippen molar-refractivity contribution in [3.63, 3.8) is 0 Å². The van der Waals surface area contributed by atoms with Crippen molar-refractivity contribution in [2.24, 2.45) is 0 Å². The molecule has 0 bridgehead atoms. The van der Waals surface area contributed by atoms with Crippen molar-refractivity contribution >= 4 is 25.2 Å². The molecule has 0 spiro atoms. The lowest BCUT2D eigenvalue weighted by Crippen LogP contribution is -2.74. The Morgan fingerprint density at radius 1 is 0.488 bits per heavy atom. The lowest BCUT2D eigenvalue weighted by molar-refractivity contribution is -0.462. The topological polar surface area (TPSA) is 27.7 Å². The lowest BCUT2D eigenvalue weighted by Gasteiger charge is -2.42. The monoisotopic (exact) mass is 724 g/mol. The molecule has 0 radical (unpaired) electrons. The van der Waals surface area contributed by atoms with Gasteiger partial charge in [-0.25, -0.2) is 0 Å². The van der Waals surface area contributed by atoms with Gasteiger partial charge in [-0.1, -0.05) is 6.08 Å². The van der Waals surface area contributed by atoms with E-state index in [1.54, 1.807) is 45.8 Å². The first-order valence-electron chi connectivity index (χ1n) is 11.7. The highest BCUT2D eigenvalue weighted by Gasteiger charge is 2.95. The van der Waals surface area contributed by atoms with Gasteiger partial charge in [0.15, 0.2) is 16.6 Å². The summed E-state index contributed by atoms with van der Waals surface area (Å²) in [6.07, 6.45) is -9.33. The normalized spacial score (nSPS) is 16.4. The highest BCUT2D eigenvalue weighted by atomic mass is 28.5. The molecule has 0 aliphatic carbocycles. The van der Waals surface area contributed by atoms with E-state index >= 15 is 0 Å². The first-order valence-corrected chi connectivity index (χ1v) is 21.0. The number of alkyl halides is 17. The molecule has 0 saturated carbocycles. The smallest absolute Gasteiger partial charge is 0.434 e. The predicted molar refractivity (Wildman–Crippen MR) is 126 cm³/mol. The average Bonchev–Trinajstić information content (AvgIpc) is 2.71. The van der Waals surface area contributed by atoms with Crippen molar-refractivity contribution in [2.75, 3.05) is 13.2 Å². The van der Waals surface area contributed by atoms with Crippen molar-refractivity contribution in [1.29, 1.82) is 0 Å². The zero-order chi connectivity index (χ0) is 35.2. The summed E-state index contributed by atoms with van der Waals surface area (Å²) in [5, 5.41) is 0. The predicted octanol–water partition coefficient (Wildman–Crippen LogP) is 9.27. The molecule has 0 fully saturated rings. The van der Waals surface area contributed by atoms with Crippen LogP contribution in [-0.4, -0.2) is 86.0 Å². The molecular weight excluding hydrogens is 695 g/mol. The van der Waals surface area contributed by atoms with Gasteiger partial charge in [-0.3, -0.25) is 0 Å². The summed E-state index contributed by atoms with van der Waals surface area (Å²) >= 11 is 0. The Hall–Kier alpha value is -0.919. The zero-order valence-electron chi connectivity index (χ0n) is 23.4. The van der Waals surface area contributed by atoms with Crippen LogP contribution in [0.1, 0.15) is 6.42 Å². The molecule has 0 saturated heterocycles. The fraction of sp³-hybridized carbons (Fsp3) is 0.900. The van der Waals surface area contributed by atoms with E-state index in [0.29, 0.717) is 0 Å². The fourth-order valence-corrected chi connectivity index (χ4v) is 14.6. The first kappa shape index (κ1) is 42.1. The van der Waals surface area contributed by atoms with Crippen molar-refractivity contribution < 1.29 is 87.6 Å². The van der Waals surface area contributed by atoms with Gasteiger partial charge in [0.05, 0.1) is 13.2 Å². The van der Waals surface area contributed by atoms with Gasteiger partial charge in [-0.15, -0.1) is 0 Å². The maximum atomic E-state index is 14.0. The minimum Gasteiger partial charge on any atom is -0.434 e. The average molecular weight is 725 g/mol. The molecule has 0 aliphatic rings. The maximum absolute atomic E-state index is 14.0. The van der Waals surface area contributed by atoms with Crippen LogP contribution in [0.25, 0.3) is 0 Å². The molecule has 3 nitrogen and oxygen atoms in total. The molecule has 43 heavy (non-hydrogen) atoms. The molecule has 0 heterocycles. The van der Waals surface area contributed by atoms with Crippen LogP contribution >= 0.6 is 0 Å². The summed E-state index contributed by atoms with van der Waals surface area (Å²) in [6.45, 7) is 10.0. The van der Waals surface area contributed by atoms with Gasteiger partial charge in [0.25, 0.3) is 0 Å². The number of hydrogen-bond acceptors (Lipinski definition) is 3. The van der Waals surface area contributed by atoms with Crippen molar-refractivity contribution in [2.45, 2.75) is 99.9 Å². The van der Waals surface area contributed by atoms with E-state index < -0.39 is 92.5 Å². The number of hydrogen-bond donors (Lipinski definition) is 0. The van der Waals surface area contributed by atoms with E-state index in [1.807, 2.05) is 0 Å². The van der Waals surface area contributed by atoms with Gasteiger partial charge in [0, 0.05) is 6.42 Å². The summed E-state index contributed by atoms with van der Waals surface area (Å²) in [6, 6.07) is 0. The Morgan fingerprint density at radius 3 is 1.14 bits per heavy atom. The maximum Gasteiger partial charge on any atom is 0.460 e. The zero-order valence-corrected chi connectivity index (χ0v) is 26.4. The molecule has 0 aromatic carbocycles. The Morgan fingerprint density at radius 2 is 0.814 bits per heavy atom. The highest BCUT2D eigenvalue weighted by molar-refractivity contribution is 6.89. The third-order valence-electron chi connectivity index (χ3n) is 5.00. The minimum absolute atomic E-state index is 0.724. The molecule has 258 valence electrons. The van der Waals surface area contributed by atoms with Crippen molar-refractivity contribution in [3.05, 3.63) is 11.8 Å². The highest BCUT2D eigenvalue weighted by Crippen LogP contribution is 2.64. The van der Waals surface area contributed by atoms with Gasteiger partial charge in [0.2, 0.25) is 0 Å². The van der Waals surface area contributed by atoms with Gasteiger partial charge >= 0.3 is 56.2 Å². The van der Waals surface area contributed by atoms with Gasteiger partial charge < -0.3 is 13.0 Å². The molecule has 0 unspecified atom stereocenters. The SMILES string of the molecule is C[Si](C)(C)O[Si](C)(/C=C/COCCC(F)(F)C(F)(F)C(F)(F)C(F)(F)C(F)(F)C(F)(F)C(F)(F)C(F)(F)F)O[Si](C)(C)C. The minimum atomic E-state index is -8.64. The van der Waals surface area contributed by atoms with Crippen LogP contribution in [0.2, 0.25) is 45.8 Å². The van der Waals surface area contributed by atoms with Crippen LogP contribution in [0.3, 0.4) is 0 Å². The number of halogens is 17. The first-order chi connectivity index (χ1) is 18.4. The van der Waals surface area contributed by atoms with E-state index in [9.17, 15) is 74.6 Å². The van der Waals surface area contributed by atoms with Crippen LogP contribution in [0.4, 0.5) is 74.6 Å². The summed E-state index contributed by atoms with van der Waals surface area (Å²) in [4.78, 5) is 0. The van der Waals surface area contributed by atoms with E-state index in [4.69, 9.17) is 8.23 Å². The largest absolute Gasteiger partial charge is 0.460 e. The molecular formula is C20H29F17O3Si3. The summed E-state index contributed by atoms with van der Waals surface area (Å²) < 4.78 is 243. The Labute approximate surface area is 238 Å². The summed E-state index contributed by atoms with van der Waals surface area (Å²) in [7, 11) is -7.57. The van der Waals surface area contributed by atoms with Crippen LogP contribution < -0.4 is 0 Å². The molecule has 0 amide bonds. The molecule has 23 heteroatoms. The van der Waals surface area contributed by atoms with E-state index in [0.717, 1.165) is 6.08 Å². The standard InChI is InChI=1S/C20H29F17O3Si3/c1-41(2,3)39-43(7,40-42(4,5)6)12-8-10-38-11-9-13(21,22)14(23,24)15(25,26)16(27,28)17(29,30)18(31,32)19(33,34)20(35,36)37/h8,12H,9-11H2,1-7H3/b12-8+. The van der Waals surface area contributed by atoms with Gasteiger partial charge in [-0.05, 0) is 51.5 Å². The van der Waals surface area contributed by atoms with Crippen molar-refractivity contribution in [3.8, 4) is 0 Å². The van der Waals surface area contributed by atoms with Crippen LogP contribution in [0.5, 0.6) is 0 Å². The van der Waals surface area contributed by atoms with Gasteiger partial charge in [-0.2, -0.15) is 74.6 Å². The third kappa shape index (κ3) is 8.67. The molecule has 0 aromatic rings. The Kier molecular flexibility index (Phi) is 12.1. The van der Waals surface area contributed by atoms with Crippen LogP contribution in [0.15, 0.2) is 11.8 Å². The molecule has 0 rings (SSSR count). The molecule has 0 aliphatic heterocycles. The molecule has 0 N–H and O–H groups in total. The van der Waals surface area contributed by atoms with Gasteiger partial charge in [0.1, 0.15) is 0 Å². The van der Waals surface area contributed by atoms with E-state index in [-0.39, 0.29) is 0 Å². The van der Waals surface area contributed by atoms with Crippen molar-refractivity contribution in [1.82, 2.24) is 0 Å². The Bertz CT molecular complexity index is 954. The lowest BCUT2D eigenvalue weighted by atomic mass is 9.88. The fourth-order valence-electron chi connectivity index (χ4n) is 3.27. The third-order valence-corrected chi connectivity index (χ3v) is 14.0. The number of rotatable bonds is 16. The quantitative estimate of drug-likeness (QED) is 0.0903. The molecule has 0 atom stereocenters. The second-order valence-corrected chi connectivity index (χ2v) is 23.8. The van der Waals surface area contributed by atoms with E-state index in [2.05, 4.69) is 4.74 Å². The number of ether oxygens (including phenoxy) is 1. The Balaban J connectivity index is 5.94. The van der Waals surface area contributed by atoms with Crippen LogP contribution in [0, 0.1) is 0 Å². The van der Waals surface area contributed by atoms with Crippen LogP contribution in [-0.2, 0) is 13.0 Å². The van der Waals surface area contributed by atoms with E-state index in [1.165, 1.54) is 5.70 Å². The second kappa shape index (κ2) is 12.4.